The quantitative estimate of drug-likeness (QED) is 0.358. The number of carbonyl (C=O) groups excluding carboxylic acids is 1. The third-order valence-electron chi connectivity index (χ3n) is 4.43. The number of non-ortho nitro benzene ring substituents is 1. The molecular formula is C20H21N5O3S. The Morgan fingerprint density at radius 1 is 1.21 bits per heavy atom. The van der Waals surface area contributed by atoms with Gasteiger partial charge < -0.3 is 9.88 Å². The molecule has 2 aromatic carbocycles. The van der Waals surface area contributed by atoms with E-state index in [0.29, 0.717) is 17.4 Å². The average Bonchev–Trinajstić information content (AvgIpc) is 3.03. The van der Waals surface area contributed by atoms with Crippen molar-refractivity contribution in [2.24, 2.45) is 0 Å². The van der Waals surface area contributed by atoms with Crippen LogP contribution in [0.3, 0.4) is 0 Å². The van der Waals surface area contributed by atoms with Gasteiger partial charge in [-0.05, 0) is 31.9 Å². The summed E-state index contributed by atoms with van der Waals surface area (Å²) >= 11 is 1.30. The lowest BCUT2D eigenvalue weighted by molar-refractivity contribution is -0.384. The number of thioether (sulfide) groups is 1. The number of nitrogens with one attached hydrogen (secondary N) is 1. The lowest BCUT2D eigenvalue weighted by atomic mass is 10.2. The summed E-state index contributed by atoms with van der Waals surface area (Å²) < 4.78 is 1.96. The van der Waals surface area contributed by atoms with Gasteiger partial charge >= 0.3 is 0 Å². The molecule has 0 saturated heterocycles. The molecule has 3 aromatic rings. The Kier molecular flexibility index (Phi) is 6.28. The molecule has 1 aromatic heterocycles. The first kappa shape index (κ1) is 20.5. The Hall–Kier alpha value is -3.20. The van der Waals surface area contributed by atoms with Gasteiger partial charge in [-0.2, -0.15) is 0 Å². The summed E-state index contributed by atoms with van der Waals surface area (Å²) in [7, 11) is 0. The first-order chi connectivity index (χ1) is 13.8. The number of aromatic nitrogens is 3. The maximum atomic E-state index is 12.7. The molecule has 0 spiro atoms. The van der Waals surface area contributed by atoms with Crippen molar-refractivity contribution in [3.05, 3.63) is 75.6 Å². The van der Waals surface area contributed by atoms with Crippen molar-refractivity contribution >= 4 is 29.0 Å². The van der Waals surface area contributed by atoms with Gasteiger partial charge in [0, 0.05) is 12.1 Å². The van der Waals surface area contributed by atoms with E-state index >= 15 is 0 Å². The van der Waals surface area contributed by atoms with Crippen LogP contribution < -0.4 is 5.32 Å². The highest BCUT2D eigenvalue weighted by atomic mass is 32.2. The molecule has 0 aliphatic rings. The number of hydrogen-bond donors (Lipinski definition) is 1. The van der Waals surface area contributed by atoms with E-state index < -0.39 is 10.2 Å². The van der Waals surface area contributed by atoms with Gasteiger partial charge in [-0.15, -0.1) is 10.2 Å². The monoisotopic (exact) mass is 411 g/mol. The van der Waals surface area contributed by atoms with Gasteiger partial charge in [0.15, 0.2) is 5.16 Å². The number of nitro benzene ring substituents is 1. The summed E-state index contributed by atoms with van der Waals surface area (Å²) in [6, 6.07) is 14.3. The smallest absolute Gasteiger partial charge is 0.271 e. The third kappa shape index (κ3) is 5.00. The molecule has 1 amide bonds. The number of carbonyl (C=O) groups is 1. The number of nitrogens with zero attached hydrogens (tertiary/aromatic N) is 4. The van der Waals surface area contributed by atoms with E-state index in [0.717, 1.165) is 17.0 Å². The zero-order chi connectivity index (χ0) is 21.0. The van der Waals surface area contributed by atoms with Gasteiger partial charge in [0.25, 0.3) is 5.69 Å². The van der Waals surface area contributed by atoms with Gasteiger partial charge in [0.05, 0.1) is 22.4 Å². The lowest BCUT2D eigenvalue weighted by Gasteiger charge is -2.14. The van der Waals surface area contributed by atoms with Crippen LogP contribution in [0.1, 0.15) is 23.9 Å². The fourth-order valence-corrected chi connectivity index (χ4v) is 3.60. The van der Waals surface area contributed by atoms with Crippen LogP contribution >= 0.6 is 11.8 Å². The van der Waals surface area contributed by atoms with Crippen LogP contribution in [0.25, 0.3) is 0 Å². The fourth-order valence-electron chi connectivity index (χ4n) is 2.70. The van der Waals surface area contributed by atoms with E-state index in [9.17, 15) is 14.9 Å². The number of rotatable bonds is 7. The summed E-state index contributed by atoms with van der Waals surface area (Å²) in [6.45, 7) is 6.04. The highest BCUT2D eigenvalue weighted by Crippen LogP contribution is 2.26. The minimum absolute atomic E-state index is 0.0653. The molecule has 0 fully saturated rings. The number of amides is 1. The van der Waals surface area contributed by atoms with Crippen molar-refractivity contribution in [2.75, 3.05) is 5.32 Å². The molecule has 150 valence electrons. The minimum atomic E-state index is -0.484. The molecular weight excluding hydrogens is 390 g/mol. The first-order valence-corrected chi connectivity index (χ1v) is 9.89. The average molecular weight is 411 g/mol. The van der Waals surface area contributed by atoms with Crippen LogP contribution in [0, 0.1) is 24.0 Å². The molecule has 9 heteroatoms. The summed E-state index contributed by atoms with van der Waals surface area (Å²) in [5, 5.41) is 22.3. The molecule has 0 aliphatic heterocycles. The van der Waals surface area contributed by atoms with Gasteiger partial charge in [0.1, 0.15) is 5.82 Å². The van der Waals surface area contributed by atoms with Crippen LogP contribution in [0.4, 0.5) is 11.4 Å². The molecule has 0 aliphatic carbocycles. The van der Waals surface area contributed by atoms with Crippen LogP contribution in [0.5, 0.6) is 0 Å². The molecule has 0 bridgehead atoms. The Morgan fingerprint density at radius 3 is 2.62 bits per heavy atom. The van der Waals surface area contributed by atoms with E-state index in [1.165, 1.54) is 23.9 Å². The molecule has 29 heavy (non-hydrogen) atoms. The van der Waals surface area contributed by atoms with Crippen LogP contribution in [0.2, 0.25) is 0 Å². The molecule has 0 radical (unpaired) electrons. The summed E-state index contributed by atoms with van der Waals surface area (Å²) in [6.07, 6.45) is 0. The largest absolute Gasteiger partial charge is 0.325 e. The van der Waals surface area contributed by atoms with Crippen molar-refractivity contribution in [1.82, 2.24) is 14.8 Å². The Morgan fingerprint density at radius 2 is 1.93 bits per heavy atom. The Bertz CT molecular complexity index is 1040. The SMILES string of the molecule is Cc1ccc([N+](=O)[O-])cc1NC(=O)C(C)Sc1nnc(C)n1Cc1ccccc1. The minimum Gasteiger partial charge on any atom is -0.325 e. The van der Waals surface area contributed by atoms with E-state index in [4.69, 9.17) is 0 Å². The lowest BCUT2D eigenvalue weighted by Crippen LogP contribution is -2.23. The molecule has 1 N–H and O–H groups in total. The molecule has 1 heterocycles. The summed E-state index contributed by atoms with van der Waals surface area (Å²) in [5.41, 5.74) is 2.23. The van der Waals surface area contributed by atoms with Crippen LogP contribution in [0.15, 0.2) is 53.7 Å². The number of aryl methyl sites for hydroxylation is 2. The second-order valence-electron chi connectivity index (χ2n) is 6.61. The fraction of sp³-hybridized carbons (Fsp3) is 0.250. The van der Waals surface area contributed by atoms with Gasteiger partial charge in [-0.1, -0.05) is 48.2 Å². The molecule has 1 unspecified atom stereocenters. The van der Waals surface area contributed by atoms with E-state index in [-0.39, 0.29) is 11.6 Å². The number of anilines is 1. The van der Waals surface area contributed by atoms with E-state index in [2.05, 4.69) is 15.5 Å². The standard InChI is InChI=1S/C20H21N5O3S/c1-13-9-10-17(25(27)28)11-18(13)21-19(26)14(2)29-20-23-22-15(3)24(20)12-16-7-5-4-6-8-16/h4-11,14H,12H2,1-3H3,(H,21,26). The predicted molar refractivity (Wildman–Crippen MR) is 112 cm³/mol. The van der Waals surface area contributed by atoms with Crippen molar-refractivity contribution in [1.29, 1.82) is 0 Å². The van der Waals surface area contributed by atoms with E-state index in [1.54, 1.807) is 19.9 Å². The van der Waals surface area contributed by atoms with Crippen LogP contribution in [-0.2, 0) is 11.3 Å². The third-order valence-corrected chi connectivity index (χ3v) is 5.51. The van der Waals surface area contributed by atoms with Crippen molar-refractivity contribution in [3.63, 3.8) is 0 Å². The maximum absolute atomic E-state index is 12.7. The summed E-state index contributed by atoms with van der Waals surface area (Å²) in [4.78, 5) is 23.2. The zero-order valence-electron chi connectivity index (χ0n) is 16.3. The normalized spacial score (nSPS) is 11.8. The van der Waals surface area contributed by atoms with Gasteiger partial charge in [-0.3, -0.25) is 14.9 Å². The maximum Gasteiger partial charge on any atom is 0.271 e. The van der Waals surface area contributed by atoms with Crippen molar-refractivity contribution in [2.45, 2.75) is 37.7 Å². The second kappa shape index (κ2) is 8.87. The summed E-state index contributed by atoms with van der Waals surface area (Å²) in [5.74, 6) is 0.504. The molecule has 1 atom stereocenters. The molecule has 8 nitrogen and oxygen atoms in total. The van der Waals surface area contributed by atoms with E-state index in [1.807, 2.05) is 41.8 Å². The molecule has 3 rings (SSSR count). The topological polar surface area (TPSA) is 103 Å². The number of nitro groups is 1. The highest BCUT2D eigenvalue weighted by molar-refractivity contribution is 8.00. The Labute approximate surface area is 172 Å². The zero-order valence-corrected chi connectivity index (χ0v) is 17.1. The van der Waals surface area contributed by atoms with Gasteiger partial charge in [0.2, 0.25) is 5.91 Å². The van der Waals surface area contributed by atoms with Gasteiger partial charge in [-0.25, -0.2) is 0 Å². The van der Waals surface area contributed by atoms with Crippen molar-refractivity contribution < 1.29 is 9.72 Å². The van der Waals surface area contributed by atoms with Crippen molar-refractivity contribution in [3.8, 4) is 0 Å². The number of hydrogen-bond acceptors (Lipinski definition) is 6. The Balaban J connectivity index is 1.72. The highest BCUT2D eigenvalue weighted by Gasteiger charge is 2.21. The van der Waals surface area contributed by atoms with Crippen LogP contribution in [-0.4, -0.2) is 30.8 Å². The molecule has 0 saturated carbocycles. The predicted octanol–water partition coefficient (Wildman–Crippen LogP) is 3.97. The second-order valence-corrected chi connectivity index (χ2v) is 7.92. The first-order valence-electron chi connectivity index (χ1n) is 9.01. The number of benzene rings is 2.